The summed E-state index contributed by atoms with van der Waals surface area (Å²) in [6, 6.07) is 11.9. The number of aromatic hydroxyl groups is 2. The lowest BCUT2D eigenvalue weighted by Gasteiger charge is -2.40. The van der Waals surface area contributed by atoms with Crippen molar-refractivity contribution in [2.24, 2.45) is 11.8 Å². The fraction of sp³-hybridized carbons (Fsp3) is 0.400. The number of ether oxygens (including phenoxy) is 4. The summed E-state index contributed by atoms with van der Waals surface area (Å²) in [7, 11) is 4.50. The van der Waals surface area contributed by atoms with E-state index in [0.29, 0.717) is 29.2 Å². The molecule has 0 amide bonds. The molecule has 3 aromatic rings. The molecule has 9 heteroatoms. The molecule has 39 heavy (non-hydrogen) atoms. The Morgan fingerprint density at radius 2 is 1.36 bits per heavy atom. The highest BCUT2D eigenvalue weighted by Crippen LogP contribution is 2.58. The number of hydrogen-bond acceptors (Lipinski definition) is 9. The fourth-order valence-electron chi connectivity index (χ4n) is 6.30. The van der Waals surface area contributed by atoms with Crippen LogP contribution < -0.4 is 18.9 Å². The van der Waals surface area contributed by atoms with E-state index in [1.807, 2.05) is 6.07 Å². The maximum absolute atomic E-state index is 10.7. The van der Waals surface area contributed by atoms with E-state index in [2.05, 4.69) is 0 Å². The second-order valence-electron chi connectivity index (χ2n) is 10.1. The first-order valence-electron chi connectivity index (χ1n) is 12.9. The number of aliphatic hydroxyl groups is 3. The molecular weight excluding hydrogens is 504 g/mol. The molecule has 0 bridgehead atoms. The Hall–Kier alpha value is -3.66. The Balaban J connectivity index is 1.75. The molecule has 1 aliphatic carbocycles. The van der Waals surface area contributed by atoms with Gasteiger partial charge in [0.1, 0.15) is 6.10 Å². The highest BCUT2D eigenvalue weighted by molar-refractivity contribution is 5.63. The van der Waals surface area contributed by atoms with Crippen LogP contribution in [-0.2, 0) is 6.42 Å². The summed E-state index contributed by atoms with van der Waals surface area (Å²) < 4.78 is 22.9. The molecule has 0 unspecified atom stereocenters. The first-order chi connectivity index (χ1) is 18.9. The minimum absolute atomic E-state index is 0.00514. The maximum atomic E-state index is 10.7. The van der Waals surface area contributed by atoms with Crippen molar-refractivity contribution in [3.05, 3.63) is 70.3 Å². The minimum atomic E-state index is -0.599. The van der Waals surface area contributed by atoms with E-state index in [4.69, 9.17) is 18.9 Å². The van der Waals surface area contributed by atoms with Gasteiger partial charge in [-0.25, -0.2) is 0 Å². The number of methoxy groups -OCH3 is 3. The van der Waals surface area contributed by atoms with Gasteiger partial charge in [0, 0.05) is 24.7 Å². The molecule has 1 aliphatic heterocycles. The third-order valence-corrected chi connectivity index (χ3v) is 8.17. The number of phenolic OH excluding ortho intramolecular Hbond substituents is 2. The molecule has 0 radical (unpaired) electrons. The summed E-state index contributed by atoms with van der Waals surface area (Å²) in [5.41, 5.74) is 4.10. The van der Waals surface area contributed by atoms with E-state index in [0.717, 1.165) is 22.3 Å². The van der Waals surface area contributed by atoms with Crippen LogP contribution in [0.15, 0.2) is 42.5 Å². The number of hydrogen-bond donors (Lipinski definition) is 5. The van der Waals surface area contributed by atoms with E-state index in [9.17, 15) is 25.5 Å². The molecule has 3 aromatic carbocycles. The molecule has 5 atom stereocenters. The van der Waals surface area contributed by atoms with Gasteiger partial charge in [-0.2, -0.15) is 0 Å². The van der Waals surface area contributed by atoms with Crippen molar-refractivity contribution in [3.63, 3.8) is 0 Å². The molecule has 0 saturated carbocycles. The summed E-state index contributed by atoms with van der Waals surface area (Å²) >= 11 is 0. The van der Waals surface area contributed by atoms with Crippen LogP contribution in [-0.4, -0.2) is 66.7 Å². The summed E-state index contributed by atoms with van der Waals surface area (Å²) in [5.74, 6) is 0.121. The van der Waals surface area contributed by atoms with Gasteiger partial charge in [0.05, 0.1) is 33.9 Å². The van der Waals surface area contributed by atoms with Gasteiger partial charge in [-0.3, -0.25) is 0 Å². The number of aliphatic hydroxyl groups excluding tert-OH is 3. The predicted octanol–water partition coefficient (Wildman–Crippen LogP) is 3.24. The van der Waals surface area contributed by atoms with Crippen LogP contribution in [0.4, 0.5) is 0 Å². The third kappa shape index (κ3) is 4.40. The van der Waals surface area contributed by atoms with E-state index >= 15 is 0 Å². The van der Waals surface area contributed by atoms with Gasteiger partial charge < -0.3 is 44.5 Å². The van der Waals surface area contributed by atoms with E-state index in [-0.39, 0.29) is 48.9 Å². The van der Waals surface area contributed by atoms with Crippen molar-refractivity contribution in [2.45, 2.75) is 24.4 Å². The van der Waals surface area contributed by atoms with Crippen LogP contribution in [0.1, 0.15) is 45.8 Å². The van der Waals surface area contributed by atoms with Crippen molar-refractivity contribution in [2.75, 3.05) is 41.2 Å². The Bertz CT molecular complexity index is 1350. The summed E-state index contributed by atoms with van der Waals surface area (Å²) in [6.07, 6.45) is -0.0968. The highest BCUT2D eigenvalue weighted by atomic mass is 16.5. The Morgan fingerprint density at radius 3 is 1.92 bits per heavy atom. The van der Waals surface area contributed by atoms with Gasteiger partial charge in [0.2, 0.25) is 0 Å². The number of fused-ring (bicyclic) bond motifs is 3. The first kappa shape index (κ1) is 26.9. The minimum Gasteiger partial charge on any atom is -0.504 e. The zero-order chi connectivity index (χ0) is 27.8. The van der Waals surface area contributed by atoms with Crippen LogP contribution in [0.5, 0.6) is 34.5 Å². The lowest BCUT2D eigenvalue weighted by molar-refractivity contribution is 0.101. The van der Waals surface area contributed by atoms with Crippen LogP contribution in [0.25, 0.3) is 0 Å². The van der Waals surface area contributed by atoms with Crippen LogP contribution in [0, 0.1) is 11.8 Å². The van der Waals surface area contributed by atoms with Crippen molar-refractivity contribution < 1.29 is 44.5 Å². The standard InChI is InChI=1S/C30H34O9/c1-36-23-9-15(4-6-21(23)34)26-19(13-32)18(12-31)8-17-11-25(38-3)30-28(27(17)26)20(14-33)29(39-30)16-5-7-22(35)24(10-16)37-2/h4-7,9-11,18-20,26,29,31-35H,8,12-14H2,1-3H3/t18-,19-,20-,26+,29-/m0/s1. The average Bonchev–Trinajstić information content (AvgIpc) is 3.35. The Kier molecular flexibility index (Phi) is 7.48. The first-order valence-corrected chi connectivity index (χ1v) is 12.9. The molecule has 208 valence electrons. The van der Waals surface area contributed by atoms with Crippen molar-refractivity contribution in [3.8, 4) is 34.5 Å². The monoisotopic (exact) mass is 538 g/mol. The van der Waals surface area contributed by atoms with E-state index in [1.54, 1.807) is 37.4 Å². The zero-order valence-corrected chi connectivity index (χ0v) is 22.1. The lowest BCUT2D eigenvalue weighted by Crippen LogP contribution is -2.36. The molecule has 0 aromatic heterocycles. The average molecular weight is 539 g/mol. The summed E-state index contributed by atoms with van der Waals surface area (Å²) in [4.78, 5) is 0. The van der Waals surface area contributed by atoms with Gasteiger partial charge in [-0.1, -0.05) is 12.1 Å². The molecule has 0 spiro atoms. The van der Waals surface area contributed by atoms with Gasteiger partial charge in [0.15, 0.2) is 34.5 Å². The molecule has 9 nitrogen and oxygen atoms in total. The second kappa shape index (κ2) is 10.8. The summed E-state index contributed by atoms with van der Waals surface area (Å²) in [5, 5.41) is 52.0. The molecule has 1 heterocycles. The van der Waals surface area contributed by atoms with Gasteiger partial charge in [0.25, 0.3) is 0 Å². The highest BCUT2D eigenvalue weighted by Gasteiger charge is 2.46. The quantitative estimate of drug-likeness (QED) is 0.293. The maximum Gasteiger partial charge on any atom is 0.166 e. The summed E-state index contributed by atoms with van der Waals surface area (Å²) in [6.45, 7) is -0.534. The topological polar surface area (TPSA) is 138 Å². The Morgan fingerprint density at radius 1 is 0.744 bits per heavy atom. The Labute approximate surface area is 226 Å². The van der Waals surface area contributed by atoms with Crippen LogP contribution in [0.2, 0.25) is 0 Å². The number of phenols is 2. The van der Waals surface area contributed by atoms with E-state index < -0.39 is 17.9 Å². The fourth-order valence-corrected chi connectivity index (χ4v) is 6.30. The van der Waals surface area contributed by atoms with Gasteiger partial charge in [-0.05, 0) is 70.8 Å². The molecule has 0 saturated heterocycles. The molecule has 0 fully saturated rings. The molecular formula is C30H34O9. The van der Waals surface area contributed by atoms with Crippen LogP contribution in [0.3, 0.4) is 0 Å². The van der Waals surface area contributed by atoms with Crippen molar-refractivity contribution in [1.82, 2.24) is 0 Å². The molecule has 5 rings (SSSR count). The van der Waals surface area contributed by atoms with Crippen molar-refractivity contribution >= 4 is 0 Å². The van der Waals surface area contributed by atoms with Crippen LogP contribution >= 0.6 is 0 Å². The van der Waals surface area contributed by atoms with Gasteiger partial charge in [-0.15, -0.1) is 0 Å². The second-order valence-corrected chi connectivity index (χ2v) is 10.1. The predicted molar refractivity (Wildman–Crippen MR) is 142 cm³/mol. The smallest absolute Gasteiger partial charge is 0.166 e. The van der Waals surface area contributed by atoms with E-state index in [1.165, 1.54) is 20.3 Å². The molecule has 2 aliphatic rings. The number of benzene rings is 3. The van der Waals surface area contributed by atoms with Gasteiger partial charge >= 0.3 is 0 Å². The molecule has 5 N–H and O–H groups in total. The number of rotatable bonds is 8. The normalized spacial score (nSPS) is 23.5. The largest absolute Gasteiger partial charge is 0.504 e. The lowest BCUT2D eigenvalue weighted by atomic mass is 9.64. The SMILES string of the molecule is COc1cc([C@H]2c3c(cc(OC)c4c3[C@H](CO)[C@H](c3ccc(O)c(OC)c3)O4)C[C@@H](CO)[C@@H]2CO)ccc1O. The van der Waals surface area contributed by atoms with Crippen molar-refractivity contribution in [1.29, 1.82) is 0 Å². The third-order valence-electron chi connectivity index (χ3n) is 8.17. The zero-order valence-electron chi connectivity index (χ0n) is 22.1.